The molecule has 2 aromatic heterocycles. The maximum absolute atomic E-state index is 12.3. The zero-order chi connectivity index (χ0) is 21.3. The minimum Gasteiger partial charge on any atom is -0.497 e. The predicted octanol–water partition coefficient (Wildman–Crippen LogP) is 4.75. The molecule has 0 radical (unpaired) electrons. The number of rotatable bonds is 6. The molecule has 2 heterocycles. The minimum atomic E-state index is -3.37. The third-order valence-electron chi connectivity index (χ3n) is 4.78. The van der Waals surface area contributed by atoms with Gasteiger partial charge in [0.25, 0.3) is 0 Å². The Morgan fingerprint density at radius 3 is 2.63 bits per heavy atom. The summed E-state index contributed by atoms with van der Waals surface area (Å²) in [4.78, 5) is 12.4. The second-order valence-corrected chi connectivity index (χ2v) is 9.89. The number of ether oxygens (including phenoxy) is 1. The average molecular weight is 440 g/mol. The quantitative estimate of drug-likeness (QED) is 0.432. The smallest absolute Gasteiger partial charge is 0.192 e. The number of anilines is 2. The highest BCUT2D eigenvalue weighted by Crippen LogP contribution is 2.36. The maximum Gasteiger partial charge on any atom is 0.192 e. The number of hydrogen-bond donors (Lipinski definition) is 0. The van der Waals surface area contributed by atoms with Gasteiger partial charge in [-0.2, -0.15) is 0 Å². The van der Waals surface area contributed by atoms with Crippen molar-refractivity contribution < 1.29 is 13.2 Å². The van der Waals surface area contributed by atoms with Gasteiger partial charge in [0.1, 0.15) is 16.1 Å². The molecular weight excluding hydrogens is 418 g/mol. The normalized spacial score (nSPS) is 11.6. The number of aryl methyl sites for hydroxylation is 1. The molecule has 6 nitrogen and oxygen atoms in total. The van der Waals surface area contributed by atoms with Crippen molar-refractivity contribution in [3.63, 3.8) is 0 Å². The van der Waals surface area contributed by atoms with Crippen LogP contribution in [0.5, 0.6) is 5.75 Å². The summed E-state index contributed by atoms with van der Waals surface area (Å²) in [5.41, 5.74) is 3.45. The molecule has 0 N–H and O–H groups in total. The topological polar surface area (TPSA) is 72.4 Å². The van der Waals surface area contributed by atoms with Crippen molar-refractivity contribution in [3.05, 3.63) is 71.9 Å². The molecule has 154 valence electrons. The van der Waals surface area contributed by atoms with Crippen LogP contribution in [0.3, 0.4) is 0 Å². The second kappa shape index (κ2) is 8.04. The SMILES string of the molecule is COc1cccc(N(Cc2ccccc2S(C)(=O)=O)c2nc3c(C)ccnc3s2)c1. The lowest BCUT2D eigenvalue weighted by molar-refractivity contribution is 0.415. The third-order valence-corrected chi connectivity index (χ3v) is 6.97. The Kier molecular flexibility index (Phi) is 5.44. The highest BCUT2D eigenvalue weighted by molar-refractivity contribution is 7.90. The first kappa shape index (κ1) is 20.3. The number of thiazole rings is 1. The van der Waals surface area contributed by atoms with Crippen LogP contribution in [0.4, 0.5) is 10.8 Å². The first-order valence-corrected chi connectivity index (χ1v) is 12.0. The van der Waals surface area contributed by atoms with Crippen LogP contribution in [0.25, 0.3) is 10.3 Å². The summed E-state index contributed by atoms with van der Waals surface area (Å²) < 4.78 is 30.1. The van der Waals surface area contributed by atoms with Crippen LogP contribution in [0.1, 0.15) is 11.1 Å². The van der Waals surface area contributed by atoms with Gasteiger partial charge >= 0.3 is 0 Å². The highest BCUT2D eigenvalue weighted by Gasteiger charge is 2.20. The standard InChI is InChI=1S/C22H21N3O3S2/c1-15-11-12-23-21-20(15)24-22(29-21)25(17-8-6-9-18(13-17)28-2)14-16-7-4-5-10-19(16)30(3,26)27/h4-13H,14H2,1-3H3. The molecule has 0 saturated heterocycles. The molecule has 0 unspecified atom stereocenters. The lowest BCUT2D eigenvalue weighted by Gasteiger charge is -2.23. The van der Waals surface area contributed by atoms with Gasteiger partial charge in [0.2, 0.25) is 0 Å². The molecule has 30 heavy (non-hydrogen) atoms. The van der Waals surface area contributed by atoms with Gasteiger partial charge in [-0.1, -0.05) is 35.6 Å². The summed E-state index contributed by atoms with van der Waals surface area (Å²) in [7, 11) is -1.75. The van der Waals surface area contributed by atoms with Gasteiger partial charge in [-0.3, -0.25) is 0 Å². The van der Waals surface area contributed by atoms with Gasteiger partial charge in [0.15, 0.2) is 15.0 Å². The molecule has 0 bridgehead atoms. The average Bonchev–Trinajstić information content (AvgIpc) is 3.17. The van der Waals surface area contributed by atoms with Crippen molar-refractivity contribution in [1.29, 1.82) is 0 Å². The largest absolute Gasteiger partial charge is 0.497 e. The lowest BCUT2D eigenvalue weighted by atomic mass is 10.2. The summed E-state index contributed by atoms with van der Waals surface area (Å²) in [5, 5.41) is 0.739. The first-order valence-electron chi connectivity index (χ1n) is 9.28. The monoisotopic (exact) mass is 439 g/mol. The van der Waals surface area contributed by atoms with E-state index in [1.54, 1.807) is 25.4 Å². The maximum atomic E-state index is 12.3. The molecule has 0 amide bonds. The number of methoxy groups -OCH3 is 1. The van der Waals surface area contributed by atoms with Gasteiger partial charge < -0.3 is 9.64 Å². The van der Waals surface area contributed by atoms with Crippen molar-refractivity contribution in [1.82, 2.24) is 9.97 Å². The van der Waals surface area contributed by atoms with Crippen molar-refractivity contribution in [3.8, 4) is 5.75 Å². The van der Waals surface area contributed by atoms with Crippen molar-refractivity contribution in [2.45, 2.75) is 18.4 Å². The van der Waals surface area contributed by atoms with Crippen LogP contribution < -0.4 is 9.64 Å². The molecule has 0 saturated carbocycles. The van der Waals surface area contributed by atoms with Crippen molar-refractivity contribution in [2.75, 3.05) is 18.3 Å². The summed E-state index contributed by atoms with van der Waals surface area (Å²) in [6, 6.07) is 16.6. The van der Waals surface area contributed by atoms with Crippen molar-refractivity contribution >= 4 is 42.3 Å². The zero-order valence-corrected chi connectivity index (χ0v) is 18.5. The molecule has 0 aliphatic carbocycles. The van der Waals surface area contributed by atoms with E-state index < -0.39 is 9.84 Å². The Labute approximate surface area is 179 Å². The van der Waals surface area contributed by atoms with E-state index in [0.29, 0.717) is 22.8 Å². The molecule has 0 fully saturated rings. The highest BCUT2D eigenvalue weighted by atomic mass is 32.2. The Bertz CT molecular complexity index is 1320. The summed E-state index contributed by atoms with van der Waals surface area (Å²) in [6.07, 6.45) is 3.00. The van der Waals surface area contributed by atoms with Crippen molar-refractivity contribution in [2.24, 2.45) is 0 Å². The minimum absolute atomic E-state index is 0.313. The van der Waals surface area contributed by atoms with Gasteiger partial charge in [-0.15, -0.1) is 0 Å². The van der Waals surface area contributed by atoms with E-state index in [1.165, 1.54) is 17.6 Å². The second-order valence-electron chi connectivity index (χ2n) is 6.95. The van der Waals surface area contributed by atoms with Gasteiger partial charge in [0, 0.05) is 24.2 Å². The summed E-state index contributed by atoms with van der Waals surface area (Å²) in [6.45, 7) is 2.34. The van der Waals surface area contributed by atoms with Gasteiger partial charge in [-0.25, -0.2) is 18.4 Å². The van der Waals surface area contributed by atoms with Gasteiger partial charge in [-0.05, 0) is 42.3 Å². The Morgan fingerprint density at radius 2 is 1.90 bits per heavy atom. The molecule has 0 atom stereocenters. The molecule has 4 rings (SSSR count). The van der Waals surface area contributed by atoms with E-state index in [0.717, 1.165) is 26.7 Å². The first-order chi connectivity index (χ1) is 14.4. The number of sulfone groups is 1. The van der Waals surface area contributed by atoms with E-state index in [2.05, 4.69) is 4.98 Å². The fraction of sp³-hybridized carbons (Fsp3) is 0.182. The van der Waals surface area contributed by atoms with E-state index >= 15 is 0 Å². The van der Waals surface area contributed by atoms with Crippen LogP contribution in [0.15, 0.2) is 65.7 Å². The predicted molar refractivity (Wildman–Crippen MR) is 121 cm³/mol. The van der Waals surface area contributed by atoms with Gasteiger partial charge in [0.05, 0.1) is 18.6 Å². The number of benzene rings is 2. The fourth-order valence-electron chi connectivity index (χ4n) is 3.27. The Morgan fingerprint density at radius 1 is 1.10 bits per heavy atom. The van der Waals surface area contributed by atoms with Crippen LogP contribution in [-0.2, 0) is 16.4 Å². The van der Waals surface area contributed by atoms with Crippen LogP contribution in [0, 0.1) is 6.92 Å². The van der Waals surface area contributed by atoms with Crippen LogP contribution >= 0.6 is 11.3 Å². The molecule has 0 aliphatic rings. The Balaban J connectivity index is 1.87. The number of nitrogens with zero attached hydrogens (tertiary/aromatic N) is 3. The fourth-order valence-corrected chi connectivity index (χ4v) is 5.21. The van der Waals surface area contributed by atoms with E-state index in [-0.39, 0.29) is 0 Å². The van der Waals surface area contributed by atoms with E-state index in [1.807, 2.05) is 54.3 Å². The summed E-state index contributed by atoms with van der Waals surface area (Å²) >= 11 is 1.47. The lowest BCUT2D eigenvalue weighted by Crippen LogP contribution is -2.18. The molecule has 0 spiro atoms. The third kappa shape index (κ3) is 4.01. The van der Waals surface area contributed by atoms with E-state index in [4.69, 9.17) is 9.72 Å². The number of pyridine rings is 1. The molecular formula is C22H21N3O3S2. The zero-order valence-electron chi connectivity index (χ0n) is 16.9. The molecule has 2 aromatic carbocycles. The number of fused-ring (bicyclic) bond motifs is 1. The van der Waals surface area contributed by atoms with Crippen LogP contribution in [0.2, 0.25) is 0 Å². The number of hydrogen-bond acceptors (Lipinski definition) is 7. The van der Waals surface area contributed by atoms with E-state index in [9.17, 15) is 8.42 Å². The molecule has 4 aromatic rings. The Hall–Kier alpha value is -2.97. The molecule has 8 heteroatoms. The number of aromatic nitrogens is 2. The molecule has 0 aliphatic heterocycles. The summed E-state index contributed by atoms with van der Waals surface area (Å²) in [5.74, 6) is 0.712. The van der Waals surface area contributed by atoms with Crippen LogP contribution in [-0.4, -0.2) is 31.8 Å².